The van der Waals surface area contributed by atoms with Crippen molar-refractivity contribution in [1.82, 2.24) is 5.32 Å². The van der Waals surface area contributed by atoms with Crippen LogP contribution >= 0.6 is 0 Å². The molecule has 0 aliphatic rings. The quantitative estimate of drug-likeness (QED) is 0.721. The minimum absolute atomic E-state index is 0.0865. The summed E-state index contributed by atoms with van der Waals surface area (Å²) in [5.41, 5.74) is 0. The van der Waals surface area contributed by atoms with Crippen molar-refractivity contribution in [3.8, 4) is 0 Å². The van der Waals surface area contributed by atoms with Crippen molar-refractivity contribution >= 4 is 5.91 Å². The molecule has 5 heteroatoms. The summed E-state index contributed by atoms with van der Waals surface area (Å²) in [5.74, 6) is -0.451. The van der Waals surface area contributed by atoms with Crippen molar-refractivity contribution < 1.29 is 18.0 Å². The average molecular weight is 236 g/mol. The van der Waals surface area contributed by atoms with Crippen LogP contribution in [-0.2, 0) is 4.79 Å². The Morgan fingerprint density at radius 3 is 2.19 bits per heavy atom. The van der Waals surface area contributed by atoms with E-state index in [1.807, 2.05) is 13.8 Å². The molecule has 0 bridgehead atoms. The molecule has 0 atom stereocenters. The van der Waals surface area contributed by atoms with Crippen LogP contribution in [0.15, 0.2) is 11.9 Å². The molecule has 0 aromatic heterocycles. The molecular weight excluding hydrogens is 219 g/mol. The van der Waals surface area contributed by atoms with Gasteiger partial charge in [0.25, 0.3) is 0 Å². The molecule has 0 unspecified atom stereocenters. The molecule has 0 saturated carbocycles. The van der Waals surface area contributed by atoms with Crippen LogP contribution in [-0.4, -0.2) is 12.5 Å². The van der Waals surface area contributed by atoms with Crippen molar-refractivity contribution in [3.63, 3.8) is 0 Å². The highest BCUT2D eigenvalue weighted by molar-refractivity contribution is 5.75. The summed E-state index contributed by atoms with van der Waals surface area (Å²) in [7, 11) is 0. The highest BCUT2D eigenvalue weighted by Crippen LogP contribution is 2.12. The van der Waals surface area contributed by atoms with Crippen LogP contribution in [0.5, 0.6) is 0 Å². The van der Waals surface area contributed by atoms with E-state index in [2.05, 4.69) is 5.32 Å². The smallest absolute Gasteiger partial charge is 0.301 e. The number of hydrogen-bond acceptors (Lipinski definition) is 1. The van der Waals surface area contributed by atoms with E-state index in [9.17, 15) is 18.0 Å². The Morgan fingerprint density at radius 1 is 1.06 bits per heavy atom. The number of rotatable bonds is 7. The van der Waals surface area contributed by atoms with E-state index in [-0.39, 0.29) is 12.5 Å². The molecule has 0 saturated heterocycles. The first-order valence-electron chi connectivity index (χ1n) is 5.19. The summed E-state index contributed by atoms with van der Waals surface area (Å²) in [5, 5.41) is 2.39. The molecule has 0 aliphatic carbocycles. The van der Waals surface area contributed by atoms with Crippen molar-refractivity contribution in [2.45, 2.75) is 39.5 Å². The Morgan fingerprint density at radius 2 is 1.69 bits per heavy atom. The SMILES string of the molecule is C[C](C)CCCC(=O)NCCC(F)=C(F)F. The van der Waals surface area contributed by atoms with Gasteiger partial charge in [-0.05, 0) is 18.8 Å². The molecule has 0 heterocycles. The average Bonchev–Trinajstić information content (AvgIpc) is 2.16. The number of carbonyl (C=O) groups is 1. The standard InChI is InChI=1S/C11H17F3NO/c1-8(2)4-3-5-10(16)15-7-6-9(12)11(13)14/h3-7H2,1-2H3,(H,15,16). The Bertz CT molecular complexity index is 248. The van der Waals surface area contributed by atoms with Gasteiger partial charge in [0.05, 0.1) is 0 Å². The maximum atomic E-state index is 12.3. The van der Waals surface area contributed by atoms with Gasteiger partial charge < -0.3 is 5.32 Å². The summed E-state index contributed by atoms with van der Waals surface area (Å²) < 4.78 is 35.6. The van der Waals surface area contributed by atoms with E-state index < -0.39 is 18.3 Å². The first-order valence-corrected chi connectivity index (χ1v) is 5.19. The van der Waals surface area contributed by atoms with E-state index in [1.165, 1.54) is 5.92 Å². The lowest BCUT2D eigenvalue weighted by Crippen LogP contribution is -2.24. The molecular formula is C11H17F3NO. The van der Waals surface area contributed by atoms with Gasteiger partial charge in [0, 0.05) is 19.4 Å². The van der Waals surface area contributed by atoms with E-state index in [4.69, 9.17) is 0 Å². The molecule has 1 amide bonds. The van der Waals surface area contributed by atoms with E-state index >= 15 is 0 Å². The molecule has 0 spiro atoms. The number of nitrogens with one attached hydrogen (secondary N) is 1. The molecule has 93 valence electrons. The minimum Gasteiger partial charge on any atom is -0.356 e. The van der Waals surface area contributed by atoms with Crippen LogP contribution < -0.4 is 5.32 Å². The van der Waals surface area contributed by atoms with Crippen LogP contribution in [0.1, 0.15) is 39.5 Å². The lowest BCUT2D eigenvalue weighted by Gasteiger charge is -2.05. The molecule has 16 heavy (non-hydrogen) atoms. The van der Waals surface area contributed by atoms with E-state index in [1.54, 1.807) is 0 Å². The van der Waals surface area contributed by atoms with Gasteiger partial charge in [0.15, 0.2) is 5.83 Å². The zero-order valence-electron chi connectivity index (χ0n) is 9.58. The summed E-state index contributed by atoms with van der Waals surface area (Å²) in [6.07, 6.45) is -0.836. The monoisotopic (exact) mass is 236 g/mol. The van der Waals surface area contributed by atoms with Crippen LogP contribution in [0.4, 0.5) is 13.2 Å². The molecule has 0 rings (SSSR count). The molecule has 2 nitrogen and oxygen atoms in total. The fourth-order valence-corrected chi connectivity index (χ4v) is 1.10. The van der Waals surface area contributed by atoms with Crippen molar-refractivity contribution in [1.29, 1.82) is 0 Å². The topological polar surface area (TPSA) is 29.1 Å². The van der Waals surface area contributed by atoms with Crippen molar-refractivity contribution in [3.05, 3.63) is 17.8 Å². The zero-order chi connectivity index (χ0) is 12.6. The third-order valence-electron chi connectivity index (χ3n) is 1.95. The van der Waals surface area contributed by atoms with Crippen LogP contribution in [0.2, 0.25) is 0 Å². The molecule has 0 fully saturated rings. The zero-order valence-corrected chi connectivity index (χ0v) is 9.58. The van der Waals surface area contributed by atoms with Gasteiger partial charge in [-0.15, -0.1) is 0 Å². The number of amides is 1. The third-order valence-corrected chi connectivity index (χ3v) is 1.95. The lowest BCUT2D eigenvalue weighted by molar-refractivity contribution is -0.121. The third kappa shape index (κ3) is 8.32. The van der Waals surface area contributed by atoms with Crippen molar-refractivity contribution in [2.75, 3.05) is 6.54 Å². The molecule has 0 aliphatic heterocycles. The van der Waals surface area contributed by atoms with E-state index in [0.717, 1.165) is 12.8 Å². The largest absolute Gasteiger partial charge is 0.356 e. The summed E-state index contributed by atoms with van der Waals surface area (Å²) >= 11 is 0. The fraction of sp³-hybridized carbons (Fsp3) is 0.636. The maximum absolute atomic E-state index is 12.3. The summed E-state index contributed by atoms with van der Waals surface area (Å²) in [4.78, 5) is 11.1. The number of halogens is 3. The predicted octanol–water partition coefficient (Wildman–Crippen LogP) is 3.35. The van der Waals surface area contributed by atoms with E-state index in [0.29, 0.717) is 6.42 Å². The first kappa shape index (κ1) is 15.0. The minimum atomic E-state index is -2.31. The van der Waals surface area contributed by atoms with Gasteiger partial charge in [0.2, 0.25) is 5.91 Å². The normalized spacial score (nSPS) is 10.4. The maximum Gasteiger partial charge on any atom is 0.301 e. The lowest BCUT2D eigenvalue weighted by atomic mass is 10.1. The second-order valence-electron chi connectivity index (χ2n) is 3.83. The highest BCUT2D eigenvalue weighted by atomic mass is 19.3. The van der Waals surface area contributed by atoms with Crippen molar-refractivity contribution in [2.24, 2.45) is 0 Å². The number of hydrogen-bond donors (Lipinski definition) is 1. The fourth-order valence-electron chi connectivity index (χ4n) is 1.10. The summed E-state index contributed by atoms with van der Waals surface area (Å²) in [6, 6.07) is 0. The molecule has 1 N–H and O–H groups in total. The Labute approximate surface area is 93.9 Å². The molecule has 0 aromatic rings. The Hall–Kier alpha value is -1.00. The second kappa shape index (κ2) is 8.19. The van der Waals surface area contributed by atoms with Gasteiger partial charge in [-0.3, -0.25) is 4.79 Å². The van der Waals surface area contributed by atoms with Gasteiger partial charge in [-0.1, -0.05) is 13.8 Å². The Balaban J connectivity index is 3.55. The van der Waals surface area contributed by atoms with Gasteiger partial charge in [-0.25, -0.2) is 4.39 Å². The first-order chi connectivity index (χ1) is 7.43. The van der Waals surface area contributed by atoms with Gasteiger partial charge >= 0.3 is 6.08 Å². The predicted molar refractivity (Wildman–Crippen MR) is 56.4 cm³/mol. The number of carbonyl (C=O) groups excluding carboxylic acids is 1. The van der Waals surface area contributed by atoms with Crippen LogP contribution in [0.25, 0.3) is 0 Å². The van der Waals surface area contributed by atoms with Gasteiger partial charge in [0.1, 0.15) is 0 Å². The molecule has 0 aromatic carbocycles. The van der Waals surface area contributed by atoms with Gasteiger partial charge in [-0.2, -0.15) is 8.78 Å². The second-order valence-corrected chi connectivity index (χ2v) is 3.83. The van der Waals surface area contributed by atoms with Crippen LogP contribution in [0.3, 0.4) is 0 Å². The molecule has 1 radical (unpaired) electrons. The summed E-state index contributed by atoms with van der Waals surface area (Å²) in [6.45, 7) is 3.86. The highest BCUT2D eigenvalue weighted by Gasteiger charge is 2.06. The Kier molecular flexibility index (Phi) is 7.68. The van der Waals surface area contributed by atoms with Crippen LogP contribution in [0, 0.1) is 5.92 Å².